The average Bonchev–Trinajstić information content (AvgIpc) is 2.14. The largest absolute Gasteiger partial charge is 0.317 e. The summed E-state index contributed by atoms with van der Waals surface area (Å²) < 4.78 is 23.7. The van der Waals surface area contributed by atoms with Gasteiger partial charge in [0, 0.05) is 6.04 Å². The van der Waals surface area contributed by atoms with Gasteiger partial charge in [-0.25, -0.2) is 8.42 Å². The molecule has 0 saturated heterocycles. The van der Waals surface area contributed by atoms with Gasteiger partial charge in [-0.05, 0) is 39.7 Å². The van der Waals surface area contributed by atoms with Gasteiger partial charge in [0.25, 0.3) is 0 Å². The molecule has 0 heterocycles. The molecule has 0 bridgehead atoms. The van der Waals surface area contributed by atoms with Gasteiger partial charge in [0.2, 0.25) is 0 Å². The van der Waals surface area contributed by atoms with Crippen LogP contribution in [0.2, 0.25) is 0 Å². The quantitative estimate of drug-likeness (QED) is 0.732. The predicted molar refractivity (Wildman–Crippen MR) is 65.8 cm³/mol. The second-order valence-electron chi connectivity index (χ2n) is 4.79. The van der Waals surface area contributed by atoms with Gasteiger partial charge in [-0.1, -0.05) is 13.8 Å². The number of sulfone groups is 1. The summed E-state index contributed by atoms with van der Waals surface area (Å²) >= 11 is 0. The van der Waals surface area contributed by atoms with E-state index in [0.717, 1.165) is 6.42 Å². The van der Waals surface area contributed by atoms with Crippen molar-refractivity contribution in [2.24, 2.45) is 5.92 Å². The molecule has 0 aliphatic rings. The molecule has 0 radical (unpaired) electrons. The first-order valence-electron chi connectivity index (χ1n) is 5.68. The zero-order valence-corrected chi connectivity index (χ0v) is 11.4. The van der Waals surface area contributed by atoms with Crippen LogP contribution in [-0.2, 0) is 9.84 Å². The highest BCUT2D eigenvalue weighted by atomic mass is 32.2. The number of hydrogen-bond donors (Lipinski definition) is 1. The smallest absolute Gasteiger partial charge is 0.152 e. The van der Waals surface area contributed by atoms with Crippen molar-refractivity contribution in [3.8, 4) is 0 Å². The van der Waals surface area contributed by atoms with Gasteiger partial charge < -0.3 is 5.32 Å². The Balaban J connectivity index is 4.20. The first-order valence-corrected chi connectivity index (χ1v) is 7.40. The zero-order valence-electron chi connectivity index (χ0n) is 10.6. The molecule has 0 rings (SSSR count). The lowest BCUT2D eigenvalue weighted by Crippen LogP contribution is -2.31. The lowest BCUT2D eigenvalue weighted by molar-refractivity contribution is 0.524. The normalized spacial score (nSPS) is 16.7. The van der Waals surface area contributed by atoms with Crippen molar-refractivity contribution in [3.05, 3.63) is 0 Å². The van der Waals surface area contributed by atoms with Gasteiger partial charge in [0.1, 0.15) is 0 Å². The summed E-state index contributed by atoms with van der Waals surface area (Å²) in [5.74, 6) is 0.774. The SMILES string of the molecule is CNC(C)CC(C)S(=O)(=O)CCC(C)C. The average molecular weight is 235 g/mol. The molecule has 1 N–H and O–H groups in total. The van der Waals surface area contributed by atoms with E-state index in [1.807, 2.05) is 20.9 Å². The van der Waals surface area contributed by atoms with Crippen LogP contribution >= 0.6 is 0 Å². The summed E-state index contributed by atoms with van der Waals surface area (Å²) in [5, 5.41) is 2.83. The van der Waals surface area contributed by atoms with E-state index in [9.17, 15) is 8.42 Å². The summed E-state index contributed by atoms with van der Waals surface area (Å²) in [6.07, 6.45) is 1.46. The molecule has 0 amide bonds. The molecule has 0 fully saturated rings. The third-order valence-corrected chi connectivity index (χ3v) is 4.99. The van der Waals surface area contributed by atoms with Crippen molar-refractivity contribution in [1.29, 1.82) is 0 Å². The maximum Gasteiger partial charge on any atom is 0.152 e. The third kappa shape index (κ3) is 6.15. The molecule has 4 heteroatoms. The van der Waals surface area contributed by atoms with Gasteiger partial charge in [-0.3, -0.25) is 0 Å². The summed E-state index contributed by atoms with van der Waals surface area (Å²) in [7, 11) is -1.04. The lowest BCUT2D eigenvalue weighted by atomic mass is 10.2. The molecule has 0 aliphatic carbocycles. The molecule has 2 atom stereocenters. The molecule has 0 aromatic heterocycles. The van der Waals surface area contributed by atoms with Crippen molar-refractivity contribution < 1.29 is 8.42 Å². The van der Waals surface area contributed by atoms with Crippen molar-refractivity contribution in [3.63, 3.8) is 0 Å². The topological polar surface area (TPSA) is 46.2 Å². The molecule has 0 spiro atoms. The Morgan fingerprint density at radius 2 is 1.67 bits per heavy atom. The van der Waals surface area contributed by atoms with E-state index in [-0.39, 0.29) is 11.3 Å². The predicted octanol–water partition coefficient (Wildman–Crippen LogP) is 1.83. The minimum Gasteiger partial charge on any atom is -0.317 e. The third-order valence-electron chi connectivity index (χ3n) is 2.77. The van der Waals surface area contributed by atoms with Gasteiger partial charge in [-0.2, -0.15) is 0 Å². The molecular formula is C11H25NO2S. The molecule has 0 aromatic rings. The van der Waals surface area contributed by atoms with Gasteiger partial charge >= 0.3 is 0 Å². The standard InChI is InChI=1S/C11H25NO2S/c1-9(2)6-7-15(13,14)11(4)8-10(3)12-5/h9-12H,6-8H2,1-5H3. The number of nitrogens with one attached hydrogen (secondary N) is 1. The first-order chi connectivity index (χ1) is 6.79. The van der Waals surface area contributed by atoms with Crippen LogP contribution in [0.15, 0.2) is 0 Å². The summed E-state index contributed by atoms with van der Waals surface area (Å²) in [5.41, 5.74) is 0. The van der Waals surface area contributed by atoms with Crippen LogP contribution in [0, 0.1) is 5.92 Å². The fourth-order valence-corrected chi connectivity index (χ4v) is 3.15. The molecular weight excluding hydrogens is 210 g/mol. The van der Waals surface area contributed by atoms with Gasteiger partial charge in [-0.15, -0.1) is 0 Å². The van der Waals surface area contributed by atoms with E-state index in [1.54, 1.807) is 0 Å². The van der Waals surface area contributed by atoms with Gasteiger partial charge in [0.05, 0.1) is 11.0 Å². The fourth-order valence-electron chi connectivity index (χ4n) is 1.36. The minimum absolute atomic E-state index is 0.237. The van der Waals surface area contributed by atoms with Crippen molar-refractivity contribution in [2.45, 2.75) is 51.8 Å². The molecule has 92 valence electrons. The van der Waals surface area contributed by atoms with E-state index < -0.39 is 9.84 Å². The van der Waals surface area contributed by atoms with Crippen LogP contribution in [0.5, 0.6) is 0 Å². The van der Waals surface area contributed by atoms with Crippen molar-refractivity contribution in [1.82, 2.24) is 5.32 Å². The lowest BCUT2D eigenvalue weighted by Gasteiger charge is -2.17. The Bertz CT molecular complexity index is 260. The Kier molecular flexibility index (Phi) is 6.44. The molecule has 3 nitrogen and oxygen atoms in total. The second-order valence-corrected chi connectivity index (χ2v) is 7.32. The minimum atomic E-state index is -2.90. The maximum absolute atomic E-state index is 11.9. The molecule has 0 saturated carbocycles. The Morgan fingerprint density at radius 3 is 2.07 bits per heavy atom. The highest BCUT2D eigenvalue weighted by Gasteiger charge is 2.22. The molecule has 2 unspecified atom stereocenters. The monoisotopic (exact) mass is 235 g/mol. The van der Waals surface area contributed by atoms with Crippen LogP contribution in [0.3, 0.4) is 0 Å². The van der Waals surface area contributed by atoms with E-state index in [1.165, 1.54) is 0 Å². The highest BCUT2D eigenvalue weighted by molar-refractivity contribution is 7.92. The van der Waals surface area contributed by atoms with Crippen molar-refractivity contribution in [2.75, 3.05) is 12.8 Å². The van der Waals surface area contributed by atoms with Crippen molar-refractivity contribution >= 4 is 9.84 Å². The van der Waals surface area contributed by atoms with Gasteiger partial charge in [0.15, 0.2) is 9.84 Å². The van der Waals surface area contributed by atoms with Crippen LogP contribution in [0.1, 0.15) is 40.5 Å². The maximum atomic E-state index is 11.9. The van der Waals surface area contributed by atoms with E-state index in [4.69, 9.17) is 0 Å². The van der Waals surface area contributed by atoms with Crippen LogP contribution in [0.25, 0.3) is 0 Å². The first kappa shape index (κ1) is 14.9. The highest BCUT2D eigenvalue weighted by Crippen LogP contribution is 2.12. The molecule has 0 aromatic carbocycles. The van der Waals surface area contributed by atoms with Crippen LogP contribution in [0.4, 0.5) is 0 Å². The molecule has 15 heavy (non-hydrogen) atoms. The number of rotatable bonds is 7. The van der Waals surface area contributed by atoms with E-state index in [0.29, 0.717) is 18.1 Å². The second kappa shape index (κ2) is 6.48. The summed E-state index contributed by atoms with van der Waals surface area (Å²) in [6.45, 7) is 7.92. The Labute approximate surface area is 94.6 Å². The Hall–Kier alpha value is -0.0900. The van der Waals surface area contributed by atoms with Crippen LogP contribution < -0.4 is 5.32 Å². The summed E-state index contributed by atoms with van der Waals surface area (Å²) in [4.78, 5) is 0. The summed E-state index contributed by atoms with van der Waals surface area (Å²) in [6, 6.07) is 0.258. The van der Waals surface area contributed by atoms with E-state index >= 15 is 0 Å². The molecule has 0 aliphatic heterocycles. The number of hydrogen-bond acceptors (Lipinski definition) is 3. The zero-order chi connectivity index (χ0) is 12.1. The Morgan fingerprint density at radius 1 is 1.13 bits per heavy atom. The fraction of sp³-hybridized carbons (Fsp3) is 1.00. The van der Waals surface area contributed by atoms with Crippen LogP contribution in [-0.4, -0.2) is 32.5 Å². The van der Waals surface area contributed by atoms with E-state index in [2.05, 4.69) is 19.2 Å².